The largest absolute Gasteiger partial charge is 0.357 e. The predicted molar refractivity (Wildman–Crippen MR) is 117 cm³/mol. The molecule has 0 saturated heterocycles. The van der Waals surface area contributed by atoms with E-state index in [1.54, 1.807) is 4.90 Å². The Bertz CT molecular complexity index is 682. The molecule has 3 N–H and O–H groups in total. The number of carbonyl (C=O) groups is 2. The van der Waals surface area contributed by atoms with Crippen LogP contribution < -0.4 is 16.0 Å². The summed E-state index contributed by atoms with van der Waals surface area (Å²) in [6.07, 6.45) is 4.70. The van der Waals surface area contributed by atoms with E-state index >= 15 is 0 Å². The first kappa shape index (κ1) is 22.7. The maximum atomic E-state index is 12.7. The number of nitrogens with one attached hydrogen (secondary N) is 3. The predicted octanol–water partition coefficient (Wildman–Crippen LogP) is 1.55. The monoisotopic (exact) mass is 401 g/mol. The van der Waals surface area contributed by atoms with Crippen LogP contribution >= 0.6 is 0 Å². The molecule has 1 aromatic carbocycles. The van der Waals surface area contributed by atoms with Crippen molar-refractivity contribution in [2.75, 3.05) is 40.3 Å². The van der Waals surface area contributed by atoms with Crippen LogP contribution in [0.3, 0.4) is 0 Å². The van der Waals surface area contributed by atoms with Crippen LogP contribution in [0.4, 0.5) is 0 Å². The number of benzene rings is 1. The molecule has 7 nitrogen and oxygen atoms in total. The van der Waals surface area contributed by atoms with Crippen molar-refractivity contribution >= 4 is 17.8 Å². The maximum absolute atomic E-state index is 12.7. The van der Waals surface area contributed by atoms with Gasteiger partial charge in [-0.1, -0.05) is 43.2 Å². The molecule has 2 rings (SSSR count). The van der Waals surface area contributed by atoms with Gasteiger partial charge in [0.1, 0.15) is 6.54 Å². The lowest BCUT2D eigenvalue weighted by Gasteiger charge is -2.31. The van der Waals surface area contributed by atoms with Crippen LogP contribution in [0.25, 0.3) is 0 Å². The van der Waals surface area contributed by atoms with Gasteiger partial charge in [0.2, 0.25) is 11.8 Å². The van der Waals surface area contributed by atoms with E-state index in [2.05, 4.69) is 20.9 Å². The van der Waals surface area contributed by atoms with Crippen LogP contribution in [0.5, 0.6) is 0 Å². The van der Waals surface area contributed by atoms with Gasteiger partial charge in [-0.05, 0) is 31.7 Å². The Morgan fingerprint density at radius 3 is 2.38 bits per heavy atom. The fourth-order valence-electron chi connectivity index (χ4n) is 3.78. The smallest absolute Gasteiger partial charge is 0.241 e. The number of hydrogen-bond acceptors (Lipinski definition) is 3. The number of guanidine groups is 1. The Labute approximate surface area is 174 Å². The first-order chi connectivity index (χ1) is 14.0. The Morgan fingerprint density at radius 1 is 1.07 bits per heavy atom. The van der Waals surface area contributed by atoms with Crippen LogP contribution in [0, 0.1) is 5.41 Å². The van der Waals surface area contributed by atoms with Crippen LogP contribution in [-0.4, -0.2) is 62.9 Å². The average molecular weight is 402 g/mol. The molecule has 0 unspecified atom stereocenters. The number of aliphatic imine (C=N–C) groups is 1. The van der Waals surface area contributed by atoms with Crippen LogP contribution in [0.1, 0.15) is 38.2 Å². The van der Waals surface area contributed by atoms with E-state index in [9.17, 15) is 9.59 Å². The summed E-state index contributed by atoms with van der Waals surface area (Å²) in [4.78, 5) is 30.9. The van der Waals surface area contributed by atoms with E-state index in [1.807, 2.05) is 51.4 Å². The highest BCUT2D eigenvalue weighted by Crippen LogP contribution is 2.38. The molecule has 1 aliphatic carbocycles. The fraction of sp³-hybridized carbons (Fsp3) is 0.591. The summed E-state index contributed by atoms with van der Waals surface area (Å²) < 4.78 is 0. The van der Waals surface area contributed by atoms with E-state index in [0.29, 0.717) is 25.6 Å². The Morgan fingerprint density at radius 2 is 1.76 bits per heavy atom. The highest BCUT2D eigenvalue weighted by atomic mass is 16.2. The first-order valence-corrected chi connectivity index (χ1v) is 10.5. The van der Waals surface area contributed by atoms with Gasteiger partial charge in [0.25, 0.3) is 0 Å². The molecule has 160 valence electrons. The second kappa shape index (κ2) is 11.4. The highest BCUT2D eigenvalue weighted by molar-refractivity contribution is 5.86. The normalized spacial score (nSPS) is 15.6. The van der Waals surface area contributed by atoms with Gasteiger partial charge in [-0.25, -0.2) is 4.99 Å². The molecule has 1 aromatic rings. The SMILES string of the molecule is CCNC(=NCC(=O)NCCc1ccccc1)NCC1(C(=O)N(C)C)CCCC1. The van der Waals surface area contributed by atoms with Crippen LogP contribution in [0.2, 0.25) is 0 Å². The van der Waals surface area contributed by atoms with Crippen molar-refractivity contribution in [2.24, 2.45) is 10.4 Å². The Hall–Kier alpha value is -2.57. The summed E-state index contributed by atoms with van der Waals surface area (Å²) in [6, 6.07) is 10.1. The molecule has 0 bridgehead atoms. The molecule has 0 aromatic heterocycles. The molecule has 1 saturated carbocycles. The molecule has 1 fully saturated rings. The van der Waals surface area contributed by atoms with Gasteiger partial charge in [0.05, 0.1) is 5.41 Å². The number of nitrogens with zero attached hydrogens (tertiary/aromatic N) is 2. The number of amides is 2. The lowest BCUT2D eigenvalue weighted by Crippen LogP contribution is -2.49. The maximum Gasteiger partial charge on any atom is 0.241 e. The minimum absolute atomic E-state index is 0.0543. The van der Waals surface area contributed by atoms with E-state index in [-0.39, 0.29) is 23.8 Å². The zero-order valence-electron chi connectivity index (χ0n) is 18.0. The second-order valence-electron chi connectivity index (χ2n) is 7.82. The number of carbonyl (C=O) groups excluding carboxylic acids is 2. The molecular weight excluding hydrogens is 366 g/mol. The standard InChI is InChI=1S/C22H35N5O2/c1-4-23-21(26-17-22(13-8-9-14-22)20(29)27(2)3)25-16-19(28)24-15-12-18-10-6-5-7-11-18/h5-7,10-11H,4,8-9,12-17H2,1-3H3,(H,24,28)(H2,23,25,26). The summed E-state index contributed by atoms with van der Waals surface area (Å²) in [7, 11) is 3.61. The highest BCUT2D eigenvalue weighted by Gasteiger charge is 2.42. The van der Waals surface area contributed by atoms with Crippen molar-refractivity contribution in [3.8, 4) is 0 Å². The summed E-state index contributed by atoms with van der Waals surface area (Å²) in [5.74, 6) is 0.624. The van der Waals surface area contributed by atoms with E-state index < -0.39 is 0 Å². The summed E-state index contributed by atoms with van der Waals surface area (Å²) >= 11 is 0. The molecule has 0 atom stereocenters. The third kappa shape index (κ3) is 7.07. The molecular formula is C22H35N5O2. The third-order valence-electron chi connectivity index (χ3n) is 5.32. The average Bonchev–Trinajstić information content (AvgIpc) is 3.20. The molecule has 2 amide bonds. The first-order valence-electron chi connectivity index (χ1n) is 10.5. The lowest BCUT2D eigenvalue weighted by atomic mass is 9.84. The molecule has 0 aliphatic heterocycles. The van der Waals surface area contributed by atoms with E-state index in [0.717, 1.165) is 32.1 Å². The lowest BCUT2D eigenvalue weighted by molar-refractivity contribution is -0.138. The van der Waals surface area contributed by atoms with Crippen LogP contribution in [-0.2, 0) is 16.0 Å². The zero-order valence-corrected chi connectivity index (χ0v) is 18.0. The molecule has 29 heavy (non-hydrogen) atoms. The topological polar surface area (TPSA) is 85.8 Å². The number of hydrogen-bond donors (Lipinski definition) is 3. The minimum atomic E-state index is -0.377. The summed E-state index contributed by atoms with van der Waals surface area (Å²) in [6.45, 7) is 3.84. The molecule has 0 radical (unpaired) electrons. The van der Waals surface area contributed by atoms with Gasteiger partial charge in [0, 0.05) is 33.7 Å². The molecule has 1 aliphatic rings. The van der Waals surface area contributed by atoms with Crippen molar-refractivity contribution in [3.05, 3.63) is 35.9 Å². The Balaban J connectivity index is 1.85. The zero-order chi connectivity index (χ0) is 21.1. The van der Waals surface area contributed by atoms with Crippen LogP contribution in [0.15, 0.2) is 35.3 Å². The van der Waals surface area contributed by atoms with Gasteiger partial charge >= 0.3 is 0 Å². The second-order valence-corrected chi connectivity index (χ2v) is 7.82. The summed E-state index contributed by atoms with van der Waals surface area (Å²) in [5.41, 5.74) is 0.816. The van der Waals surface area contributed by atoms with Crippen molar-refractivity contribution in [2.45, 2.75) is 39.0 Å². The van der Waals surface area contributed by atoms with Crippen molar-refractivity contribution < 1.29 is 9.59 Å². The Kier molecular flexibility index (Phi) is 8.96. The quantitative estimate of drug-likeness (QED) is 0.433. The third-order valence-corrected chi connectivity index (χ3v) is 5.32. The molecule has 0 spiro atoms. The van der Waals surface area contributed by atoms with E-state index in [4.69, 9.17) is 0 Å². The van der Waals surface area contributed by atoms with Gasteiger partial charge in [0.15, 0.2) is 5.96 Å². The minimum Gasteiger partial charge on any atom is -0.357 e. The molecule has 7 heteroatoms. The van der Waals surface area contributed by atoms with E-state index in [1.165, 1.54) is 5.56 Å². The van der Waals surface area contributed by atoms with Gasteiger partial charge in [-0.2, -0.15) is 0 Å². The molecule has 0 heterocycles. The van der Waals surface area contributed by atoms with Crippen molar-refractivity contribution in [1.29, 1.82) is 0 Å². The number of rotatable bonds is 9. The van der Waals surface area contributed by atoms with Crippen molar-refractivity contribution in [1.82, 2.24) is 20.9 Å². The van der Waals surface area contributed by atoms with Gasteiger partial charge < -0.3 is 20.9 Å². The summed E-state index contributed by atoms with van der Waals surface area (Å²) in [5, 5.41) is 9.36. The van der Waals surface area contributed by atoms with Gasteiger partial charge in [-0.3, -0.25) is 9.59 Å². The van der Waals surface area contributed by atoms with Crippen molar-refractivity contribution in [3.63, 3.8) is 0 Å². The van der Waals surface area contributed by atoms with Gasteiger partial charge in [-0.15, -0.1) is 0 Å². The fourth-order valence-corrected chi connectivity index (χ4v) is 3.78.